The van der Waals surface area contributed by atoms with Crippen molar-refractivity contribution in [1.82, 2.24) is 14.9 Å². The quantitative estimate of drug-likeness (QED) is 0.804. The zero-order chi connectivity index (χ0) is 18.7. The summed E-state index contributed by atoms with van der Waals surface area (Å²) in [6.45, 7) is 8.40. The first-order chi connectivity index (χ1) is 11.7. The predicted octanol–water partition coefficient (Wildman–Crippen LogP) is 1.83. The van der Waals surface area contributed by atoms with Gasteiger partial charge in [0.05, 0.1) is 4.90 Å². The molecule has 1 aliphatic rings. The van der Waals surface area contributed by atoms with Crippen LogP contribution in [0.15, 0.2) is 29.2 Å². The Balaban J connectivity index is 2.03. The Morgan fingerprint density at radius 3 is 2.32 bits per heavy atom. The lowest BCUT2D eigenvalue weighted by molar-refractivity contribution is 0.0922. The van der Waals surface area contributed by atoms with Crippen LogP contribution in [-0.2, 0) is 10.0 Å². The van der Waals surface area contributed by atoms with E-state index in [9.17, 15) is 13.2 Å². The standard InChI is InChI=1S/C18H29N3O3S/c1-14(2)21(4)25(23,24)16-7-5-15(6-8-16)17(22)20-13-18(3)9-11-19-12-10-18/h5-8,14,19H,9-13H2,1-4H3,(H,20,22). The molecular weight excluding hydrogens is 338 g/mol. The van der Waals surface area contributed by atoms with Gasteiger partial charge in [0.15, 0.2) is 0 Å². The summed E-state index contributed by atoms with van der Waals surface area (Å²) in [6.07, 6.45) is 2.07. The number of hydrogen-bond donors (Lipinski definition) is 2. The highest BCUT2D eigenvalue weighted by Gasteiger charge is 2.27. The lowest BCUT2D eigenvalue weighted by Crippen LogP contribution is -2.42. The molecule has 1 aromatic carbocycles. The summed E-state index contributed by atoms with van der Waals surface area (Å²) in [5.74, 6) is -0.166. The number of sulfonamides is 1. The van der Waals surface area contributed by atoms with E-state index in [1.165, 1.54) is 16.4 Å². The smallest absolute Gasteiger partial charge is 0.251 e. The number of benzene rings is 1. The van der Waals surface area contributed by atoms with E-state index in [-0.39, 0.29) is 22.3 Å². The van der Waals surface area contributed by atoms with E-state index in [0.717, 1.165) is 25.9 Å². The summed E-state index contributed by atoms with van der Waals surface area (Å²) in [6, 6.07) is 6.01. The van der Waals surface area contributed by atoms with Crippen molar-refractivity contribution in [2.24, 2.45) is 5.41 Å². The first-order valence-electron chi connectivity index (χ1n) is 8.73. The average molecular weight is 368 g/mol. The zero-order valence-corrected chi connectivity index (χ0v) is 16.3. The molecule has 7 heteroatoms. The number of rotatable bonds is 6. The van der Waals surface area contributed by atoms with E-state index in [0.29, 0.717) is 12.1 Å². The molecule has 0 saturated carbocycles. The fraction of sp³-hybridized carbons (Fsp3) is 0.611. The molecule has 1 aromatic rings. The van der Waals surface area contributed by atoms with Gasteiger partial charge in [0.2, 0.25) is 10.0 Å². The molecule has 1 heterocycles. The highest BCUT2D eigenvalue weighted by Crippen LogP contribution is 2.26. The van der Waals surface area contributed by atoms with Crippen molar-refractivity contribution >= 4 is 15.9 Å². The Labute approximate surface area is 151 Å². The molecule has 0 aromatic heterocycles. The van der Waals surface area contributed by atoms with Gasteiger partial charge in [-0.2, -0.15) is 4.31 Å². The number of amides is 1. The molecule has 140 valence electrons. The maximum absolute atomic E-state index is 12.4. The predicted molar refractivity (Wildman–Crippen MR) is 99.1 cm³/mol. The van der Waals surface area contributed by atoms with Crippen LogP contribution in [0.4, 0.5) is 0 Å². The SMILES string of the molecule is CC(C)N(C)S(=O)(=O)c1ccc(C(=O)NCC2(C)CCNCC2)cc1. The van der Waals surface area contributed by atoms with Gasteiger partial charge in [0, 0.05) is 25.2 Å². The summed E-state index contributed by atoms with van der Waals surface area (Å²) in [5.41, 5.74) is 0.591. The van der Waals surface area contributed by atoms with Crippen molar-refractivity contribution in [3.05, 3.63) is 29.8 Å². The maximum Gasteiger partial charge on any atom is 0.251 e. The van der Waals surface area contributed by atoms with E-state index in [2.05, 4.69) is 17.6 Å². The molecule has 0 bridgehead atoms. The molecule has 6 nitrogen and oxygen atoms in total. The van der Waals surface area contributed by atoms with Crippen molar-refractivity contribution in [1.29, 1.82) is 0 Å². The van der Waals surface area contributed by atoms with Crippen LogP contribution in [0.2, 0.25) is 0 Å². The second kappa shape index (κ2) is 7.85. The van der Waals surface area contributed by atoms with Crippen LogP contribution in [0.1, 0.15) is 44.0 Å². The summed E-state index contributed by atoms with van der Waals surface area (Å²) < 4.78 is 26.2. The Hall–Kier alpha value is -1.44. The number of piperidine rings is 1. The van der Waals surface area contributed by atoms with Crippen LogP contribution in [0.25, 0.3) is 0 Å². The molecule has 25 heavy (non-hydrogen) atoms. The molecule has 0 aliphatic carbocycles. The molecular formula is C18H29N3O3S. The van der Waals surface area contributed by atoms with Crippen LogP contribution in [0, 0.1) is 5.41 Å². The van der Waals surface area contributed by atoms with Crippen molar-refractivity contribution in [3.63, 3.8) is 0 Å². The second-order valence-electron chi connectivity index (χ2n) is 7.38. The summed E-state index contributed by atoms with van der Waals surface area (Å²) in [4.78, 5) is 12.5. The number of hydrogen-bond acceptors (Lipinski definition) is 4. The Kier molecular flexibility index (Phi) is 6.24. The normalized spacial score (nSPS) is 17.7. The summed E-state index contributed by atoms with van der Waals surface area (Å²) >= 11 is 0. The molecule has 1 saturated heterocycles. The Morgan fingerprint density at radius 2 is 1.80 bits per heavy atom. The first-order valence-corrected chi connectivity index (χ1v) is 10.2. The molecule has 0 radical (unpaired) electrons. The van der Waals surface area contributed by atoms with Gasteiger partial charge in [-0.15, -0.1) is 0 Å². The maximum atomic E-state index is 12.4. The van der Waals surface area contributed by atoms with Crippen LogP contribution < -0.4 is 10.6 Å². The fourth-order valence-electron chi connectivity index (χ4n) is 2.82. The third kappa shape index (κ3) is 4.80. The fourth-order valence-corrected chi connectivity index (χ4v) is 4.19. The van der Waals surface area contributed by atoms with Crippen LogP contribution in [-0.4, -0.2) is 51.4 Å². The van der Waals surface area contributed by atoms with Crippen LogP contribution in [0.3, 0.4) is 0 Å². The lowest BCUT2D eigenvalue weighted by atomic mass is 9.81. The van der Waals surface area contributed by atoms with E-state index in [1.807, 2.05) is 13.8 Å². The van der Waals surface area contributed by atoms with Crippen molar-refractivity contribution in [3.8, 4) is 0 Å². The minimum atomic E-state index is -3.53. The molecule has 1 aliphatic heterocycles. The van der Waals surface area contributed by atoms with Crippen LogP contribution in [0.5, 0.6) is 0 Å². The lowest BCUT2D eigenvalue weighted by Gasteiger charge is -2.34. The number of nitrogens with zero attached hydrogens (tertiary/aromatic N) is 1. The van der Waals surface area contributed by atoms with Gasteiger partial charge in [-0.3, -0.25) is 4.79 Å². The minimum absolute atomic E-state index is 0.115. The van der Waals surface area contributed by atoms with Crippen molar-refractivity contribution in [2.75, 3.05) is 26.7 Å². The second-order valence-corrected chi connectivity index (χ2v) is 9.38. The van der Waals surface area contributed by atoms with Crippen LogP contribution >= 0.6 is 0 Å². The van der Waals surface area contributed by atoms with E-state index < -0.39 is 10.0 Å². The Bertz CT molecular complexity index is 693. The van der Waals surface area contributed by atoms with Gasteiger partial charge in [-0.25, -0.2) is 8.42 Å². The molecule has 1 amide bonds. The van der Waals surface area contributed by atoms with E-state index in [1.54, 1.807) is 19.2 Å². The largest absolute Gasteiger partial charge is 0.351 e. The molecule has 2 N–H and O–H groups in total. The van der Waals surface area contributed by atoms with Gasteiger partial charge in [0.1, 0.15) is 0 Å². The van der Waals surface area contributed by atoms with Gasteiger partial charge in [0.25, 0.3) is 5.91 Å². The third-order valence-corrected chi connectivity index (χ3v) is 7.05. The topological polar surface area (TPSA) is 78.5 Å². The van der Waals surface area contributed by atoms with E-state index >= 15 is 0 Å². The highest BCUT2D eigenvalue weighted by atomic mass is 32.2. The molecule has 1 fully saturated rings. The van der Waals surface area contributed by atoms with E-state index in [4.69, 9.17) is 0 Å². The summed E-state index contributed by atoms with van der Waals surface area (Å²) in [7, 11) is -1.97. The minimum Gasteiger partial charge on any atom is -0.351 e. The van der Waals surface area contributed by atoms with Gasteiger partial charge >= 0.3 is 0 Å². The first kappa shape index (κ1) is 19.9. The van der Waals surface area contributed by atoms with Gasteiger partial charge in [-0.1, -0.05) is 6.92 Å². The highest BCUT2D eigenvalue weighted by molar-refractivity contribution is 7.89. The number of carbonyl (C=O) groups is 1. The molecule has 0 spiro atoms. The number of carbonyl (C=O) groups excluding carboxylic acids is 1. The van der Waals surface area contributed by atoms with Gasteiger partial charge < -0.3 is 10.6 Å². The summed E-state index contributed by atoms with van der Waals surface area (Å²) in [5, 5.41) is 6.30. The molecule has 0 atom stereocenters. The molecule has 0 unspecified atom stereocenters. The van der Waals surface area contributed by atoms with Crippen molar-refractivity contribution in [2.45, 2.75) is 44.6 Å². The zero-order valence-electron chi connectivity index (χ0n) is 15.5. The molecule has 2 rings (SSSR count). The third-order valence-electron chi connectivity index (χ3n) is 5.01. The Morgan fingerprint density at radius 1 is 1.24 bits per heavy atom. The average Bonchev–Trinajstić information content (AvgIpc) is 2.59. The van der Waals surface area contributed by atoms with Gasteiger partial charge in [-0.05, 0) is 69.5 Å². The number of nitrogens with one attached hydrogen (secondary N) is 2. The van der Waals surface area contributed by atoms with Crippen molar-refractivity contribution < 1.29 is 13.2 Å². The monoisotopic (exact) mass is 367 g/mol.